The van der Waals surface area contributed by atoms with Gasteiger partial charge in [-0.15, -0.1) is 0 Å². The van der Waals surface area contributed by atoms with Crippen LogP contribution in [-0.4, -0.2) is 21.2 Å². The van der Waals surface area contributed by atoms with E-state index in [4.69, 9.17) is 5.73 Å². The quantitative estimate of drug-likeness (QED) is 0.598. The van der Waals surface area contributed by atoms with Gasteiger partial charge in [-0.2, -0.15) is 0 Å². The summed E-state index contributed by atoms with van der Waals surface area (Å²) in [4.78, 5) is 10.7. The molecule has 0 saturated carbocycles. The molecule has 0 aliphatic rings. The number of hydrogen-bond acceptors (Lipinski definition) is 1. The zero-order valence-electron chi connectivity index (χ0n) is 8.81. The van der Waals surface area contributed by atoms with Gasteiger partial charge in [0.05, 0.1) is 0 Å². The summed E-state index contributed by atoms with van der Waals surface area (Å²) in [7, 11) is -0.150. The standard InChI is InChI=1S/C9H22N2OSi/c1-3-5-6-8(11-9(10)12)13-7-4-2/h8H,3-7,13H2,1-2H3,(H3,10,11,12). The SMILES string of the molecule is CCCCC(NC(N)=O)[SiH2]CCC. The van der Waals surface area contributed by atoms with Gasteiger partial charge in [0, 0.05) is 15.2 Å². The van der Waals surface area contributed by atoms with E-state index >= 15 is 0 Å². The van der Waals surface area contributed by atoms with Gasteiger partial charge in [0.1, 0.15) is 0 Å². The van der Waals surface area contributed by atoms with E-state index in [-0.39, 0.29) is 15.6 Å². The van der Waals surface area contributed by atoms with Crippen LogP contribution in [0.5, 0.6) is 0 Å². The predicted molar refractivity (Wildman–Crippen MR) is 59.7 cm³/mol. The van der Waals surface area contributed by atoms with Crippen molar-refractivity contribution >= 4 is 15.6 Å². The van der Waals surface area contributed by atoms with Crippen molar-refractivity contribution in [2.24, 2.45) is 5.73 Å². The Balaban J connectivity index is 3.66. The minimum absolute atomic E-state index is 0.150. The second kappa shape index (κ2) is 8.10. The van der Waals surface area contributed by atoms with Crippen molar-refractivity contribution in [3.05, 3.63) is 0 Å². The first kappa shape index (κ1) is 12.5. The summed E-state index contributed by atoms with van der Waals surface area (Å²) in [5.41, 5.74) is 5.54. The van der Waals surface area contributed by atoms with Crippen LogP contribution in [-0.2, 0) is 0 Å². The summed E-state index contributed by atoms with van der Waals surface area (Å²) < 4.78 is 0. The molecule has 0 aromatic heterocycles. The number of nitrogens with one attached hydrogen (secondary N) is 1. The Morgan fingerprint density at radius 3 is 2.62 bits per heavy atom. The molecule has 0 rings (SSSR count). The molecule has 0 aromatic carbocycles. The van der Waals surface area contributed by atoms with Crippen molar-refractivity contribution in [1.82, 2.24) is 5.32 Å². The maximum absolute atomic E-state index is 10.7. The summed E-state index contributed by atoms with van der Waals surface area (Å²) >= 11 is 0. The van der Waals surface area contributed by atoms with Crippen molar-refractivity contribution in [3.8, 4) is 0 Å². The Bertz CT molecular complexity index is 134. The molecule has 0 bridgehead atoms. The zero-order chi connectivity index (χ0) is 10.1. The average Bonchev–Trinajstić information content (AvgIpc) is 2.09. The lowest BCUT2D eigenvalue weighted by molar-refractivity contribution is 0.247. The van der Waals surface area contributed by atoms with Gasteiger partial charge >= 0.3 is 6.03 Å². The Hall–Kier alpha value is -0.513. The summed E-state index contributed by atoms with van der Waals surface area (Å²) in [6.45, 7) is 4.36. The molecule has 0 fully saturated rings. The summed E-state index contributed by atoms with van der Waals surface area (Å²) in [6, 6.07) is 0.944. The lowest BCUT2D eigenvalue weighted by Gasteiger charge is -2.15. The average molecular weight is 202 g/mol. The summed E-state index contributed by atoms with van der Waals surface area (Å²) in [5, 5.41) is 2.85. The number of carbonyl (C=O) groups is 1. The van der Waals surface area contributed by atoms with Crippen LogP contribution in [0.3, 0.4) is 0 Å². The van der Waals surface area contributed by atoms with Crippen molar-refractivity contribution in [3.63, 3.8) is 0 Å². The van der Waals surface area contributed by atoms with E-state index in [0.717, 1.165) is 6.42 Å². The maximum atomic E-state index is 10.7. The molecule has 0 heterocycles. The van der Waals surface area contributed by atoms with E-state index < -0.39 is 0 Å². The van der Waals surface area contributed by atoms with Gasteiger partial charge in [-0.3, -0.25) is 0 Å². The van der Waals surface area contributed by atoms with Crippen LogP contribution in [0.1, 0.15) is 39.5 Å². The highest BCUT2D eigenvalue weighted by atomic mass is 28.2. The van der Waals surface area contributed by atoms with Crippen molar-refractivity contribution < 1.29 is 4.79 Å². The van der Waals surface area contributed by atoms with Crippen LogP contribution in [0.25, 0.3) is 0 Å². The fourth-order valence-electron chi connectivity index (χ4n) is 1.39. The molecule has 0 aliphatic heterocycles. The van der Waals surface area contributed by atoms with Crippen molar-refractivity contribution in [1.29, 1.82) is 0 Å². The van der Waals surface area contributed by atoms with Crippen LogP contribution in [0.15, 0.2) is 0 Å². The van der Waals surface area contributed by atoms with Crippen molar-refractivity contribution in [2.45, 2.75) is 51.2 Å². The smallest absolute Gasteiger partial charge is 0.312 e. The van der Waals surface area contributed by atoms with E-state index in [1.807, 2.05) is 0 Å². The van der Waals surface area contributed by atoms with Gasteiger partial charge in [-0.05, 0) is 6.42 Å². The molecule has 0 spiro atoms. The number of carbonyl (C=O) groups excluding carboxylic acids is 1. The molecular weight excluding hydrogens is 180 g/mol. The molecule has 0 aliphatic carbocycles. The lowest BCUT2D eigenvalue weighted by atomic mass is 10.2. The highest BCUT2D eigenvalue weighted by molar-refractivity contribution is 6.38. The molecule has 1 unspecified atom stereocenters. The second-order valence-corrected chi connectivity index (χ2v) is 5.76. The largest absolute Gasteiger partial charge is 0.352 e. The fourth-order valence-corrected chi connectivity index (χ4v) is 3.21. The molecule has 0 radical (unpaired) electrons. The molecule has 2 amide bonds. The first-order valence-corrected chi connectivity index (χ1v) is 7.08. The third-order valence-electron chi connectivity index (χ3n) is 2.16. The molecular formula is C9H22N2OSi. The lowest BCUT2D eigenvalue weighted by Crippen LogP contribution is -2.42. The molecule has 1 atom stereocenters. The Morgan fingerprint density at radius 1 is 1.46 bits per heavy atom. The molecule has 3 nitrogen and oxygen atoms in total. The first-order valence-electron chi connectivity index (χ1n) is 5.26. The topological polar surface area (TPSA) is 55.1 Å². The van der Waals surface area contributed by atoms with Crippen LogP contribution >= 0.6 is 0 Å². The summed E-state index contributed by atoms with van der Waals surface area (Å²) in [6.07, 6.45) is 4.74. The van der Waals surface area contributed by atoms with Gasteiger partial charge < -0.3 is 11.1 Å². The number of amides is 2. The van der Waals surface area contributed by atoms with E-state index in [0.29, 0.717) is 5.67 Å². The second-order valence-electron chi connectivity index (χ2n) is 3.49. The third-order valence-corrected chi connectivity index (χ3v) is 4.58. The number of unbranched alkanes of at least 4 members (excludes halogenated alkanes) is 1. The number of urea groups is 1. The first-order chi connectivity index (χ1) is 6.20. The van der Waals surface area contributed by atoms with Crippen LogP contribution in [0, 0.1) is 0 Å². The van der Waals surface area contributed by atoms with Crippen molar-refractivity contribution in [2.75, 3.05) is 0 Å². The Morgan fingerprint density at radius 2 is 2.15 bits per heavy atom. The molecule has 3 N–H and O–H groups in total. The zero-order valence-corrected chi connectivity index (χ0v) is 10.2. The Labute approximate surface area is 83.3 Å². The van der Waals surface area contributed by atoms with E-state index in [9.17, 15) is 4.79 Å². The van der Waals surface area contributed by atoms with E-state index in [2.05, 4.69) is 19.2 Å². The van der Waals surface area contributed by atoms with Gasteiger partial charge in [0.2, 0.25) is 0 Å². The van der Waals surface area contributed by atoms with Gasteiger partial charge in [-0.1, -0.05) is 39.2 Å². The van der Waals surface area contributed by atoms with Crippen LogP contribution in [0.4, 0.5) is 4.79 Å². The molecule has 0 aromatic rings. The third kappa shape index (κ3) is 7.84. The molecule has 78 valence electrons. The highest BCUT2D eigenvalue weighted by Crippen LogP contribution is 2.02. The number of primary amides is 1. The normalized spacial score (nSPS) is 13.4. The number of hydrogen-bond donors (Lipinski definition) is 2. The van der Waals surface area contributed by atoms with Gasteiger partial charge in [-0.25, -0.2) is 4.79 Å². The summed E-state index contributed by atoms with van der Waals surface area (Å²) in [5.74, 6) is 0. The highest BCUT2D eigenvalue weighted by Gasteiger charge is 2.08. The van der Waals surface area contributed by atoms with E-state index in [1.54, 1.807) is 0 Å². The number of nitrogens with two attached hydrogens (primary N) is 1. The van der Waals surface area contributed by atoms with Crippen LogP contribution < -0.4 is 11.1 Å². The maximum Gasteiger partial charge on any atom is 0.312 e. The minimum Gasteiger partial charge on any atom is -0.352 e. The predicted octanol–water partition coefficient (Wildman–Crippen LogP) is 1.17. The fraction of sp³-hybridized carbons (Fsp3) is 0.889. The minimum atomic E-state index is -0.357. The Kier molecular flexibility index (Phi) is 7.78. The molecule has 13 heavy (non-hydrogen) atoms. The molecule has 4 heteroatoms. The van der Waals surface area contributed by atoms with Crippen LogP contribution in [0.2, 0.25) is 6.04 Å². The monoisotopic (exact) mass is 202 g/mol. The van der Waals surface area contributed by atoms with Gasteiger partial charge in [0.25, 0.3) is 0 Å². The number of rotatable bonds is 7. The molecule has 0 saturated heterocycles. The van der Waals surface area contributed by atoms with E-state index in [1.165, 1.54) is 25.3 Å². The van der Waals surface area contributed by atoms with Gasteiger partial charge in [0.15, 0.2) is 0 Å².